The number of likely N-dealkylation sites (N-methyl/N-ethyl adjacent to an activating group) is 1. The van der Waals surface area contributed by atoms with Crippen LogP contribution in [-0.2, 0) is 11.2 Å². The first-order chi connectivity index (χ1) is 8.02. The molecule has 0 radical (unpaired) electrons. The van der Waals surface area contributed by atoms with Gasteiger partial charge in [0.25, 0.3) is 0 Å². The van der Waals surface area contributed by atoms with Gasteiger partial charge in [-0.2, -0.15) is 0 Å². The Morgan fingerprint density at radius 3 is 2.47 bits per heavy atom. The first-order valence-corrected chi connectivity index (χ1v) is 7.21. The van der Waals surface area contributed by atoms with Crippen LogP contribution in [0.1, 0.15) is 39.0 Å². The second-order valence-corrected chi connectivity index (χ2v) is 5.77. The van der Waals surface area contributed by atoms with Crippen LogP contribution in [0.2, 0.25) is 0 Å². The summed E-state index contributed by atoms with van der Waals surface area (Å²) >= 11 is 1.73. The molecule has 1 aromatic heterocycles. The van der Waals surface area contributed by atoms with Crippen molar-refractivity contribution in [2.75, 3.05) is 13.1 Å². The van der Waals surface area contributed by atoms with Crippen LogP contribution < -0.4 is 0 Å². The van der Waals surface area contributed by atoms with Gasteiger partial charge >= 0.3 is 0 Å². The van der Waals surface area contributed by atoms with Crippen LogP contribution in [0.15, 0.2) is 17.5 Å². The van der Waals surface area contributed by atoms with Gasteiger partial charge in [0.1, 0.15) is 0 Å². The third kappa shape index (κ3) is 3.65. The molecule has 96 valence electrons. The summed E-state index contributed by atoms with van der Waals surface area (Å²) in [4.78, 5) is 15.8. The molecule has 0 fully saturated rings. The van der Waals surface area contributed by atoms with E-state index in [2.05, 4.69) is 30.2 Å². The maximum Gasteiger partial charge on any atom is 0.152 e. The summed E-state index contributed by atoms with van der Waals surface area (Å²) in [6.45, 7) is 10.1. The number of nitrogens with zero attached hydrogens (tertiary/aromatic N) is 1. The number of carbonyl (C=O) groups excluding carboxylic acids is 1. The number of rotatable bonds is 7. The van der Waals surface area contributed by atoms with Gasteiger partial charge in [-0.15, -0.1) is 11.3 Å². The average Bonchev–Trinajstić information content (AvgIpc) is 2.79. The maximum absolute atomic E-state index is 12.3. The van der Waals surface area contributed by atoms with Gasteiger partial charge < -0.3 is 0 Å². The van der Waals surface area contributed by atoms with E-state index < -0.39 is 0 Å². The Balaban J connectivity index is 2.56. The molecule has 0 aliphatic rings. The lowest BCUT2D eigenvalue weighted by atomic mass is 9.93. The molecule has 0 unspecified atom stereocenters. The van der Waals surface area contributed by atoms with Crippen LogP contribution in [-0.4, -0.2) is 29.3 Å². The molecule has 1 aromatic rings. The highest BCUT2D eigenvalue weighted by Crippen LogP contribution is 2.19. The molecule has 0 aromatic carbocycles. The molecule has 0 aliphatic carbocycles. The van der Waals surface area contributed by atoms with Crippen molar-refractivity contribution in [1.29, 1.82) is 0 Å². The van der Waals surface area contributed by atoms with Crippen molar-refractivity contribution in [3.63, 3.8) is 0 Å². The molecule has 0 aliphatic heterocycles. The summed E-state index contributed by atoms with van der Waals surface area (Å²) in [6, 6.07) is 4.14. The summed E-state index contributed by atoms with van der Waals surface area (Å²) in [7, 11) is 0. The lowest BCUT2D eigenvalue weighted by molar-refractivity contribution is -0.129. The third-order valence-corrected chi connectivity index (χ3v) is 4.35. The van der Waals surface area contributed by atoms with E-state index in [1.54, 1.807) is 11.3 Å². The van der Waals surface area contributed by atoms with E-state index in [0.29, 0.717) is 12.2 Å². The number of Topliss-reactive ketones (excluding diaryl/α,β-unsaturated/α-hetero) is 1. The minimum absolute atomic E-state index is 0.333. The maximum atomic E-state index is 12.3. The molecular weight excluding hydrogens is 230 g/mol. The van der Waals surface area contributed by atoms with E-state index in [1.165, 1.54) is 4.88 Å². The predicted molar refractivity (Wildman–Crippen MR) is 74.6 cm³/mol. The molecule has 1 heterocycles. The topological polar surface area (TPSA) is 20.3 Å². The van der Waals surface area contributed by atoms with Crippen molar-refractivity contribution in [2.45, 2.75) is 46.1 Å². The second-order valence-electron chi connectivity index (χ2n) is 4.73. The first-order valence-electron chi connectivity index (χ1n) is 6.33. The molecular formula is C14H23NOS. The standard InChI is InChI=1S/C14H23NOS/c1-5-15(6-2)14(3,4)13(16)10-9-12-8-7-11-17-12/h7-8,11H,5-6,9-10H2,1-4H3. The molecule has 0 spiro atoms. The number of aryl methyl sites for hydroxylation is 1. The van der Waals surface area contributed by atoms with Crippen LogP contribution in [0.3, 0.4) is 0 Å². The molecule has 0 atom stereocenters. The molecule has 0 N–H and O–H groups in total. The fraction of sp³-hybridized carbons (Fsp3) is 0.643. The summed E-state index contributed by atoms with van der Waals surface area (Å²) in [5.74, 6) is 0.342. The fourth-order valence-corrected chi connectivity index (χ4v) is 2.90. The lowest BCUT2D eigenvalue weighted by Crippen LogP contribution is -2.49. The van der Waals surface area contributed by atoms with Crippen molar-refractivity contribution in [3.05, 3.63) is 22.4 Å². The highest BCUT2D eigenvalue weighted by Gasteiger charge is 2.31. The van der Waals surface area contributed by atoms with E-state index in [4.69, 9.17) is 0 Å². The van der Waals surface area contributed by atoms with Gasteiger partial charge in [-0.1, -0.05) is 19.9 Å². The minimum atomic E-state index is -0.333. The number of hydrogen-bond donors (Lipinski definition) is 0. The zero-order valence-electron chi connectivity index (χ0n) is 11.3. The Bertz CT molecular complexity index is 339. The summed E-state index contributed by atoms with van der Waals surface area (Å²) in [5.41, 5.74) is -0.333. The molecule has 1 rings (SSSR count). The summed E-state index contributed by atoms with van der Waals surface area (Å²) < 4.78 is 0. The third-order valence-electron chi connectivity index (χ3n) is 3.41. The van der Waals surface area contributed by atoms with Gasteiger partial charge in [0.05, 0.1) is 5.54 Å². The highest BCUT2D eigenvalue weighted by atomic mass is 32.1. The Kier molecular flexibility index (Phi) is 5.34. The van der Waals surface area contributed by atoms with E-state index >= 15 is 0 Å². The van der Waals surface area contributed by atoms with Crippen molar-refractivity contribution in [3.8, 4) is 0 Å². The Morgan fingerprint density at radius 1 is 1.35 bits per heavy atom. The molecule has 17 heavy (non-hydrogen) atoms. The summed E-state index contributed by atoms with van der Waals surface area (Å²) in [6.07, 6.45) is 1.52. The largest absolute Gasteiger partial charge is 0.298 e. The van der Waals surface area contributed by atoms with Crippen molar-refractivity contribution in [2.24, 2.45) is 0 Å². The van der Waals surface area contributed by atoms with E-state index in [-0.39, 0.29) is 5.54 Å². The quantitative estimate of drug-likeness (QED) is 0.742. The van der Waals surface area contributed by atoms with E-state index in [1.807, 2.05) is 19.9 Å². The number of ketones is 1. The molecule has 2 nitrogen and oxygen atoms in total. The van der Waals surface area contributed by atoms with Crippen LogP contribution in [0.4, 0.5) is 0 Å². The van der Waals surface area contributed by atoms with Gasteiger partial charge in [0.15, 0.2) is 5.78 Å². The van der Waals surface area contributed by atoms with Gasteiger partial charge in [-0.25, -0.2) is 0 Å². The minimum Gasteiger partial charge on any atom is -0.298 e. The van der Waals surface area contributed by atoms with Crippen LogP contribution in [0.25, 0.3) is 0 Å². The normalized spacial score (nSPS) is 12.1. The van der Waals surface area contributed by atoms with Gasteiger partial charge in [-0.3, -0.25) is 9.69 Å². The van der Waals surface area contributed by atoms with Gasteiger partial charge in [-0.05, 0) is 44.8 Å². The Labute approximate surface area is 109 Å². The fourth-order valence-electron chi connectivity index (χ4n) is 2.19. The molecule has 0 saturated heterocycles. The molecule has 0 amide bonds. The van der Waals surface area contributed by atoms with Crippen LogP contribution in [0, 0.1) is 0 Å². The molecule has 0 bridgehead atoms. The lowest BCUT2D eigenvalue weighted by Gasteiger charge is -2.35. The van der Waals surface area contributed by atoms with Crippen molar-refractivity contribution < 1.29 is 4.79 Å². The number of thiophene rings is 1. The zero-order chi connectivity index (χ0) is 12.9. The number of carbonyl (C=O) groups is 1. The van der Waals surface area contributed by atoms with Crippen molar-refractivity contribution >= 4 is 17.1 Å². The average molecular weight is 253 g/mol. The highest BCUT2D eigenvalue weighted by molar-refractivity contribution is 7.09. The van der Waals surface area contributed by atoms with Gasteiger partial charge in [0.2, 0.25) is 0 Å². The van der Waals surface area contributed by atoms with Crippen LogP contribution >= 0.6 is 11.3 Å². The van der Waals surface area contributed by atoms with Gasteiger partial charge in [0, 0.05) is 11.3 Å². The smallest absolute Gasteiger partial charge is 0.152 e. The SMILES string of the molecule is CCN(CC)C(C)(C)C(=O)CCc1cccs1. The number of hydrogen-bond acceptors (Lipinski definition) is 3. The Hall–Kier alpha value is -0.670. The predicted octanol–water partition coefficient (Wildman–Crippen LogP) is 3.37. The first kappa shape index (κ1) is 14.4. The monoisotopic (exact) mass is 253 g/mol. The molecule has 3 heteroatoms. The second kappa shape index (κ2) is 6.31. The van der Waals surface area contributed by atoms with E-state index in [9.17, 15) is 4.79 Å². The van der Waals surface area contributed by atoms with E-state index in [0.717, 1.165) is 19.5 Å². The molecule has 0 saturated carbocycles. The zero-order valence-corrected chi connectivity index (χ0v) is 12.1. The van der Waals surface area contributed by atoms with Crippen molar-refractivity contribution in [1.82, 2.24) is 4.90 Å². The van der Waals surface area contributed by atoms with Crippen LogP contribution in [0.5, 0.6) is 0 Å². The summed E-state index contributed by atoms with van der Waals surface area (Å²) in [5, 5.41) is 2.06. The Morgan fingerprint density at radius 2 is 2.00 bits per heavy atom.